The van der Waals surface area contributed by atoms with E-state index in [1.54, 1.807) is 6.07 Å². The molecule has 1 N–H and O–H groups in total. The van der Waals surface area contributed by atoms with Gasteiger partial charge in [0.05, 0.1) is 12.2 Å². The Labute approximate surface area is 183 Å². The second-order valence-electron chi connectivity index (χ2n) is 8.70. The molecular weight excluding hydrogens is 402 g/mol. The van der Waals surface area contributed by atoms with Gasteiger partial charge in [0, 0.05) is 40.9 Å². The average Bonchev–Trinajstić information content (AvgIpc) is 2.66. The van der Waals surface area contributed by atoms with Crippen LogP contribution in [0.5, 0.6) is 0 Å². The van der Waals surface area contributed by atoms with Crippen LogP contribution in [0.15, 0.2) is 46.8 Å². The first-order chi connectivity index (χ1) is 14.2. The molecule has 0 fully saturated rings. The summed E-state index contributed by atoms with van der Waals surface area (Å²) in [6.07, 6.45) is 2.08. The first kappa shape index (κ1) is 22.6. The maximum Gasteiger partial charge on any atom is 0.336 e. The van der Waals surface area contributed by atoms with E-state index in [1.807, 2.05) is 32.0 Å². The van der Waals surface area contributed by atoms with Crippen molar-refractivity contribution in [3.63, 3.8) is 0 Å². The average molecular weight is 432 g/mol. The number of esters is 1. The van der Waals surface area contributed by atoms with E-state index in [4.69, 9.17) is 21.1 Å². The fraction of sp³-hybridized carbons (Fsp3) is 0.500. The van der Waals surface area contributed by atoms with E-state index in [9.17, 15) is 9.59 Å². The van der Waals surface area contributed by atoms with Crippen LogP contribution in [0, 0.1) is 5.41 Å². The number of carbonyl (C=O) groups excluding carboxylic acids is 2. The van der Waals surface area contributed by atoms with Gasteiger partial charge in [-0.3, -0.25) is 4.79 Å². The molecule has 1 aliphatic carbocycles. The fourth-order valence-corrected chi connectivity index (χ4v) is 4.49. The third-order valence-electron chi connectivity index (χ3n) is 5.49. The number of ketones is 1. The van der Waals surface area contributed by atoms with Gasteiger partial charge >= 0.3 is 5.97 Å². The lowest BCUT2D eigenvalue weighted by Crippen LogP contribution is -2.38. The number of Topliss-reactive ketones (excluding diaryl/α,β-unsaturated/α-hetero) is 1. The van der Waals surface area contributed by atoms with Crippen molar-refractivity contribution in [1.29, 1.82) is 0 Å². The number of nitrogens with one attached hydrogen (secondary N) is 1. The predicted molar refractivity (Wildman–Crippen MR) is 117 cm³/mol. The molecule has 0 radical (unpaired) electrons. The van der Waals surface area contributed by atoms with Crippen LogP contribution >= 0.6 is 11.6 Å². The van der Waals surface area contributed by atoms with Crippen LogP contribution in [0.3, 0.4) is 0 Å². The largest absolute Gasteiger partial charge is 0.460 e. The lowest BCUT2D eigenvalue weighted by molar-refractivity contribution is -0.141. The second-order valence-corrected chi connectivity index (χ2v) is 9.11. The van der Waals surface area contributed by atoms with Gasteiger partial charge in [-0.05, 0) is 36.8 Å². The van der Waals surface area contributed by atoms with Crippen LogP contribution < -0.4 is 5.32 Å². The van der Waals surface area contributed by atoms with Crippen LogP contribution in [0.1, 0.15) is 58.4 Å². The highest BCUT2D eigenvalue weighted by atomic mass is 35.5. The van der Waals surface area contributed by atoms with E-state index in [-0.39, 0.29) is 17.8 Å². The van der Waals surface area contributed by atoms with Crippen LogP contribution in [-0.2, 0) is 19.1 Å². The maximum absolute atomic E-state index is 13.2. The Bertz CT molecular complexity index is 900. The Morgan fingerprint density at radius 1 is 1.20 bits per heavy atom. The van der Waals surface area contributed by atoms with Gasteiger partial charge < -0.3 is 14.8 Å². The topological polar surface area (TPSA) is 64.6 Å². The normalized spacial score (nSPS) is 20.7. The summed E-state index contributed by atoms with van der Waals surface area (Å²) in [7, 11) is 0. The molecule has 1 atom stereocenters. The van der Waals surface area contributed by atoms with Gasteiger partial charge in [0.25, 0.3) is 0 Å². The second kappa shape index (κ2) is 9.36. The molecular formula is C24H30ClNO4. The number of allylic oxidation sites excluding steroid dienone is 3. The Kier molecular flexibility index (Phi) is 7.04. The van der Waals surface area contributed by atoms with Gasteiger partial charge in [0.1, 0.15) is 6.61 Å². The Morgan fingerprint density at radius 2 is 1.93 bits per heavy atom. The molecule has 0 spiro atoms. The number of carbonyl (C=O) groups is 2. The zero-order chi connectivity index (χ0) is 21.9. The molecule has 1 aromatic carbocycles. The van der Waals surface area contributed by atoms with Crippen LogP contribution in [0.4, 0.5) is 0 Å². The van der Waals surface area contributed by atoms with E-state index in [0.717, 1.165) is 24.1 Å². The van der Waals surface area contributed by atoms with Gasteiger partial charge in [0.2, 0.25) is 0 Å². The van der Waals surface area contributed by atoms with Gasteiger partial charge in [0.15, 0.2) is 5.78 Å². The van der Waals surface area contributed by atoms with Gasteiger partial charge in [-0.25, -0.2) is 4.79 Å². The Balaban J connectivity index is 1.98. The monoisotopic (exact) mass is 431 g/mol. The minimum atomic E-state index is -0.539. The van der Waals surface area contributed by atoms with Crippen LogP contribution in [0.25, 0.3) is 0 Å². The summed E-state index contributed by atoms with van der Waals surface area (Å²) in [6.45, 7) is 9.18. The standard InChI is InChI=1S/C24H30ClNO4/c1-5-10-29-11-12-30-23(28)20-15(2)26-18-13-24(3,4)14-19(27)22(18)21(20)16-8-6-7-9-17(16)25/h6-9,21,26H,5,10-14H2,1-4H3/t21-/m0/s1. The molecule has 0 unspecified atom stereocenters. The minimum absolute atomic E-state index is 0.0442. The number of ether oxygens (including phenoxy) is 2. The molecule has 30 heavy (non-hydrogen) atoms. The van der Waals surface area contributed by atoms with Crippen molar-refractivity contribution in [1.82, 2.24) is 5.32 Å². The molecule has 3 rings (SSSR count). The van der Waals surface area contributed by atoms with Crippen molar-refractivity contribution in [2.45, 2.75) is 52.9 Å². The lowest BCUT2D eigenvalue weighted by atomic mass is 9.68. The minimum Gasteiger partial charge on any atom is -0.460 e. The first-order valence-corrected chi connectivity index (χ1v) is 10.9. The molecule has 0 aromatic heterocycles. The molecule has 1 aliphatic heterocycles. The van der Waals surface area contributed by atoms with Crippen molar-refractivity contribution in [2.24, 2.45) is 5.41 Å². The maximum atomic E-state index is 13.2. The number of benzene rings is 1. The van der Waals surface area contributed by atoms with Crippen LogP contribution in [0.2, 0.25) is 5.02 Å². The highest BCUT2D eigenvalue weighted by molar-refractivity contribution is 6.31. The molecule has 162 valence electrons. The summed E-state index contributed by atoms with van der Waals surface area (Å²) in [5, 5.41) is 3.85. The smallest absolute Gasteiger partial charge is 0.336 e. The van der Waals surface area contributed by atoms with Crippen LogP contribution in [-0.4, -0.2) is 31.6 Å². The van der Waals surface area contributed by atoms with Crippen molar-refractivity contribution < 1.29 is 19.1 Å². The Morgan fingerprint density at radius 3 is 2.63 bits per heavy atom. The van der Waals surface area contributed by atoms with E-state index in [1.165, 1.54) is 0 Å². The summed E-state index contributed by atoms with van der Waals surface area (Å²) in [5.74, 6) is -0.945. The molecule has 5 nitrogen and oxygen atoms in total. The zero-order valence-corrected chi connectivity index (χ0v) is 18.9. The number of rotatable bonds is 7. The number of halogens is 1. The molecule has 0 saturated carbocycles. The molecule has 1 heterocycles. The summed E-state index contributed by atoms with van der Waals surface area (Å²) in [6, 6.07) is 7.37. The van der Waals surface area contributed by atoms with Gasteiger partial charge in [-0.2, -0.15) is 0 Å². The van der Waals surface area contributed by atoms with Crippen molar-refractivity contribution in [2.75, 3.05) is 19.8 Å². The third kappa shape index (κ3) is 4.79. The predicted octanol–water partition coefficient (Wildman–Crippen LogP) is 4.91. The van der Waals surface area contributed by atoms with Gasteiger partial charge in [-0.1, -0.05) is 50.6 Å². The molecule has 6 heteroatoms. The summed E-state index contributed by atoms with van der Waals surface area (Å²) in [5.41, 5.74) is 3.25. The van der Waals surface area contributed by atoms with Crippen molar-refractivity contribution >= 4 is 23.4 Å². The van der Waals surface area contributed by atoms with E-state index >= 15 is 0 Å². The number of hydrogen-bond donors (Lipinski definition) is 1. The lowest BCUT2D eigenvalue weighted by Gasteiger charge is -2.39. The molecule has 0 bridgehead atoms. The molecule has 1 aromatic rings. The van der Waals surface area contributed by atoms with Gasteiger partial charge in [-0.15, -0.1) is 0 Å². The molecule has 0 amide bonds. The van der Waals surface area contributed by atoms with Crippen molar-refractivity contribution in [3.05, 3.63) is 57.4 Å². The SMILES string of the molecule is CCCOCCOC(=O)C1=C(C)NC2=C(C(=O)CC(C)(C)C2)[C@H]1c1ccccc1Cl. The summed E-state index contributed by atoms with van der Waals surface area (Å²) < 4.78 is 10.9. The van der Waals surface area contributed by atoms with E-state index in [0.29, 0.717) is 41.5 Å². The fourth-order valence-electron chi connectivity index (χ4n) is 4.24. The first-order valence-electron chi connectivity index (χ1n) is 10.5. The van der Waals surface area contributed by atoms with E-state index < -0.39 is 11.9 Å². The summed E-state index contributed by atoms with van der Waals surface area (Å²) in [4.78, 5) is 26.3. The zero-order valence-electron chi connectivity index (χ0n) is 18.1. The summed E-state index contributed by atoms with van der Waals surface area (Å²) >= 11 is 6.52. The molecule has 0 saturated heterocycles. The molecule has 2 aliphatic rings. The number of dihydropyridines is 1. The Hall–Kier alpha value is -2.11. The highest BCUT2D eigenvalue weighted by Crippen LogP contribution is 2.47. The van der Waals surface area contributed by atoms with Crippen molar-refractivity contribution in [3.8, 4) is 0 Å². The third-order valence-corrected chi connectivity index (χ3v) is 5.83. The highest BCUT2D eigenvalue weighted by Gasteiger charge is 2.43. The quantitative estimate of drug-likeness (QED) is 0.490. The van der Waals surface area contributed by atoms with E-state index in [2.05, 4.69) is 19.2 Å². The number of hydrogen-bond acceptors (Lipinski definition) is 5.